The lowest BCUT2D eigenvalue weighted by Crippen LogP contribution is -2.52. The third-order valence-electron chi connectivity index (χ3n) is 27.4. The SMILES string of the molecule is CC1(C)OB(CCCC[C@@]2(C(=O)OCc3ccccc3)CC[C@H](N)C2)OC1(C)C.COC[C@H](N)C(=O)N[C@H]1CC[C@@](CCCCB(O)O)(C(=O)O)C1.COC[C@H](NC(=O)OC(C)(C)C)C(=O)N[C@H]1CC[C@@](CCCCB2OC(C)(C)C(C)(C)O2)(C(=O)O)C1.COC[C@H](NC(=O)OC(C)(C)C)C(=O)N[C@H]1CC[C@@](CCCCB2OC(C)(C)C(C)(C)O2)(C(=O)OCc2ccccc2)C1. The van der Waals surface area contributed by atoms with Gasteiger partial charge in [-0.05, 0) is 264 Å². The zero-order valence-corrected chi connectivity index (χ0v) is 82.4. The molecule has 4 aliphatic carbocycles. The van der Waals surface area contributed by atoms with Gasteiger partial charge in [0.1, 0.15) is 42.5 Å². The van der Waals surface area contributed by atoms with Crippen LogP contribution in [0.1, 0.15) is 290 Å². The summed E-state index contributed by atoms with van der Waals surface area (Å²) in [6.45, 7) is 35.6. The van der Waals surface area contributed by atoms with Crippen LogP contribution in [0.2, 0.25) is 25.3 Å². The summed E-state index contributed by atoms with van der Waals surface area (Å²) in [6.07, 6.45) is 16.7. The lowest BCUT2D eigenvalue weighted by Gasteiger charge is -2.32. The summed E-state index contributed by atoms with van der Waals surface area (Å²) in [5, 5.41) is 51.1. The van der Waals surface area contributed by atoms with Gasteiger partial charge in [-0.25, -0.2) is 9.59 Å². The lowest BCUT2D eigenvalue weighted by atomic mass is 9.77. The van der Waals surface area contributed by atoms with Crippen molar-refractivity contribution in [3.8, 4) is 0 Å². The highest BCUT2D eigenvalue weighted by Crippen LogP contribution is 2.49. The van der Waals surface area contributed by atoms with Crippen LogP contribution in [0.5, 0.6) is 0 Å². The summed E-state index contributed by atoms with van der Waals surface area (Å²) in [5.41, 5.74) is 7.35. The number of carbonyl (C=O) groups is 9. The molecule has 2 aromatic carbocycles. The molecule has 33 nitrogen and oxygen atoms in total. The molecule has 3 heterocycles. The van der Waals surface area contributed by atoms with Crippen LogP contribution in [0.3, 0.4) is 0 Å². The number of amides is 5. The van der Waals surface area contributed by atoms with Crippen molar-refractivity contribution in [1.29, 1.82) is 0 Å². The molecule has 738 valence electrons. The molecule has 0 unspecified atom stereocenters. The number of ether oxygens (including phenoxy) is 7. The largest absolute Gasteiger partial charge is 0.481 e. The van der Waals surface area contributed by atoms with Crippen LogP contribution in [0, 0.1) is 21.7 Å². The van der Waals surface area contributed by atoms with E-state index in [1.807, 2.05) is 116 Å². The maximum atomic E-state index is 13.6. The van der Waals surface area contributed by atoms with Crippen molar-refractivity contribution in [2.75, 3.05) is 41.2 Å². The fourth-order valence-electron chi connectivity index (χ4n) is 17.9. The van der Waals surface area contributed by atoms with Gasteiger partial charge in [0.05, 0.1) is 75.1 Å². The minimum Gasteiger partial charge on any atom is -0.481 e. The number of alkyl carbamates (subject to hydrolysis) is 2. The molecule has 0 radical (unpaired) electrons. The van der Waals surface area contributed by atoms with Gasteiger partial charge in [-0.15, -0.1) is 0 Å². The summed E-state index contributed by atoms with van der Waals surface area (Å²) in [5.74, 6) is -3.17. The molecule has 9 rings (SSSR count). The van der Waals surface area contributed by atoms with Crippen LogP contribution in [0.15, 0.2) is 60.7 Å². The second kappa shape index (κ2) is 49.7. The average molecular weight is 1850 g/mol. The van der Waals surface area contributed by atoms with Crippen molar-refractivity contribution in [2.24, 2.45) is 33.1 Å². The van der Waals surface area contributed by atoms with E-state index in [-0.39, 0.29) is 136 Å². The number of hydrogen-bond donors (Lipinski definition) is 11. The predicted octanol–water partition coefficient (Wildman–Crippen LogP) is 12.5. The molecule has 0 aromatic heterocycles. The summed E-state index contributed by atoms with van der Waals surface area (Å²) < 4.78 is 73.7. The van der Waals surface area contributed by atoms with E-state index < -0.39 is 88.1 Å². The topological polar surface area (TPSA) is 467 Å². The van der Waals surface area contributed by atoms with Crippen LogP contribution < -0.4 is 38.1 Å². The van der Waals surface area contributed by atoms with Gasteiger partial charge in [-0.1, -0.05) is 112 Å². The molecule has 3 saturated heterocycles. The zero-order chi connectivity index (χ0) is 97.8. The summed E-state index contributed by atoms with van der Waals surface area (Å²) >= 11 is 0. The van der Waals surface area contributed by atoms with Gasteiger partial charge in [-0.3, -0.25) is 33.6 Å². The molecule has 2 aromatic rings. The first-order valence-electron chi connectivity index (χ1n) is 47.2. The number of benzene rings is 2. The first-order valence-corrected chi connectivity index (χ1v) is 47.2. The summed E-state index contributed by atoms with van der Waals surface area (Å²) in [6, 6.07) is 16.1. The highest BCUT2D eigenvalue weighted by molar-refractivity contribution is 6.46. The second-order valence-corrected chi connectivity index (χ2v) is 42.1. The van der Waals surface area contributed by atoms with Crippen molar-refractivity contribution in [3.05, 3.63) is 71.8 Å². The van der Waals surface area contributed by atoms with E-state index >= 15 is 0 Å². The molecule has 0 bridgehead atoms. The Labute approximate surface area is 779 Å². The molecule has 4 saturated carbocycles. The fraction of sp³-hybridized carbons (Fsp3) is 0.777. The Morgan fingerprint density at radius 2 is 0.733 bits per heavy atom. The molecule has 131 heavy (non-hydrogen) atoms. The number of aliphatic carboxylic acids is 2. The Morgan fingerprint density at radius 3 is 1.04 bits per heavy atom. The number of carbonyl (C=O) groups excluding carboxylic acids is 7. The Morgan fingerprint density at radius 1 is 0.435 bits per heavy atom. The normalized spacial score (nSPS) is 25.4. The van der Waals surface area contributed by atoms with Gasteiger partial charge in [0, 0.05) is 45.5 Å². The molecule has 37 heteroatoms. The number of hydrogen-bond acceptors (Lipinski definition) is 26. The van der Waals surface area contributed by atoms with Gasteiger partial charge in [0.2, 0.25) is 17.7 Å². The standard InChI is InChI=1S/C32H51BN2O8.C25H45BN2O8.C23H36BNO4.C14H27BN2O6/c1-29(2,3)41-28(38)35-25(22-39-8)26(36)34-24-16-18-32(20-24,27(37)40-21-23-14-10-9-11-15-23)17-12-13-19-33-42-30(4,5)31(6,7)43-33;1-22(2,3)34-21(32)28-18(16-33-8)19(29)27-17-11-13-25(15-17,20(30)31)12-9-10-14-26-35-23(4,5)24(6,7)36-26;1-21(2)22(3,4)29-24(28-21)15-9-8-13-23(14-12-19(25)16-23)20(26)27-17-18-10-6-5-7-11-18;1-23-9-11(16)12(18)17-10-4-6-14(8-10,13(19)20)5-2-3-7-15(21)22/h9-11,14-15,24-25H,12-13,16-22H2,1-8H3,(H,34,36)(H,35,38);17-18H,9-16H2,1-8H3,(H,27,29)(H,28,32)(H,30,31);5-7,10-11,19H,8-9,12-17,25H2,1-4H3;10-11,21-22H,2-9,16H2,1H3,(H,17,18)(H,19,20)/t24-,25-,32+;17-,18-,25+;19-,23+;10-,11-,14+/m0000/s1. The summed E-state index contributed by atoms with van der Waals surface area (Å²) in [4.78, 5) is 113. The number of nitrogens with one attached hydrogen (secondary N) is 5. The third-order valence-corrected chi connectivity index (χ3v) is 27.4. The third kappa shape index (κ3) is 35.0. The smallest absolute Gasteiger partial charge is 0.457 e. The number of methoxy groups -OCH3 is 3. The maximum Gasteiger partial charge on any atom is 0.457 e. The van der Waals surface area contributed by atoms with Crippen LogP contribution in [0.4, 0.5) is 9.59 Å². The number of carboxylic acid groups (broad SMARTS) is 2. The molecule has 11 atom stereocenters. The molecule has 7 aliphatic rings. The molecule has 13 N–H and O–H groups in total. The van der Waals surface area contributed by atoms with Gasteiger partial charge >= 0.3 is 64.5 Å². The first kappa shape index (κ1) is 113. The monoisotopic (exact) mass is 1850 g/mol. The molecule has 5 amide bonds. The van der Waals surface area contributed by atoms with Gasteiger partial charge in [0.15, 0.2) is 0 Å². The van der Waals surface area contributed by atoms with Crippen molar-refractivity contribution in [1.82, 2.24) is 26.6 Å². The molecule has 7 fully saturated rings. The van der Waals surface area contributed by atoms with Crippen LogP contribution in [-0.2, 0) is 108 Å². The number of unbranched alkanes of at least 4 members (excludes halogenated alkanes) is 4. The van der Waals surface area contributed by atoms with Gasteiger partial charge in [0.25, 0.3) is 0 Å². The highest BCUT2D eigenvalue weighted by Gasteiger charge is 2.56. The van der Waals surface area contributed by atoms with E-state index in [1.165, 1.54) is 21.3 Å². The average Bonchev–Trinajstić information content (AvgIpc) is 1.63. The highest BCUT2D eigenvalue weighted by atomic mass is 16.7. The predicted molar refractivity (Wildman–Crippen MR) is 500 cm³/mol. The molecular weight excluding hydrogens is 1690 g/mol. The molecular formula is C94H159B4N7O26. The van der Waals surface area contributed by atoms with Gasteiger partial charge < -0.3 is 119 Å². The summed E-state index contributed by atoms with van der Waals surface area (Å²) in [7, 11) is 2.26. The minimum atomic E-state index is -1.35. The zero-order valence-electron chi connectivity index (χ0n) is 82.4. The molecule has 0 spiro atoms. The lowest BCUT2D eigenvalue weighted by molar-refractivity contribution is -0.158. The fourth-order valence-corrected chi connectivity index (χ4v) is 17.9. The van der Waals surface area contributed by atoms with Crippen LogP contribution in [-0.4, -0.2) is 231 Å². The Hall–Kier alpha value is -6.99. The molecule has 3 aliphatic heterocycles. The van der Waals surface area contributed by atoms with Crippen LogP contribution >= 0.6 is 0 Å². The Bertz CT molecular complexity index is 3910. The number of carboxylic acids is 2. The quantitative estimate of drug-likeness (QED) is 0.0127. The Balaban J connectivity index is 0.000000275. The van der Waals surface area contributed by atoms with Crippen LogP contribution in [0.25, 0.3) is 0 Å². The number of nitrogens with two attached hydrogens (primary N) is 2. The van der Waals surface area contributed by atoms with E-state index in [0.717, 1.165) is 88.0 Å². The second-order valence-electron chi connectivity index (χ2n) is 42.1. The van der Waals surface area contributed by atoms with Gasteiger partial charge in [-0.2, -0.15) is 0 Å². The Kier molecular flexibility index (Phi) is 42.7. The maximum absolute atomic E-state index is 13.6. The van der Waals surface area contributed by atoms with E-state index in [0.29, 0.717) is 103 Å². The minimum absolute atomic E-state index is 0.0129. The van der Waals surface area contributed by atoms with Crippen molar-refractivity contribution >= 4 is 82.3 Å². The van der Waals surface area contributed by atoms with Crippen molar-refractivity contribution in [3.63, 3.8) is 0 Å². The van der Waals surface area contributed by atoms with E-state index in [2.05, 4.69) is 54.3 Å². The van der Waals surface area contributed by atoms with E-state index in [9.17, 15) is 53.4 Å². The number of esters is 2. The van der Waals surface area contributed by atoms with Crippen molar-refractivity contribution in [2.45, 2.75) is 404 Å². The first-order chi connectivity index (χ1) is 61.0. The van der Waals surface area contributed by atoms with Crippen molar-refractivity contribution < 1.29 is 124 Å². The van der Waals surface area contributed by atoms with E-state index in [4.69, 9.17) is 82.6 Å². The van der Waals surface area contributed by atoms with E-state index in [1.54, 1.807) is 41.5 Å². The number of rotatable bonds is 42.